The van der Waals surface area contributed by atoms with Crippen molar-refractivity contribution >= 4 is 41.4 Å². The standard InChI is InChI=1S/C34H61N7O8/c1-10-27(44)40-34(8,9)33(49)41-15-11-12-25(41)31(47)38-24(17-20(4)5)30(46)39-28(21(6)7)32(48)37-23(13-14-26(35)43)29(45)36-22(18-42)16-19(2)3/h19-25,28,42H,10-18H2,1-9H3,(H2,35,43)(H,36,45)(H,37,48)(H,38,47)(H,39,46)(H,40,44)/t22-,23-,24-,25?,28-/m0/s1. The molecular formula is C34H61N7O8. The number of likely N-dealkylation sites (tertiary alicyclic amines) is 1. The maximum Gasteiger partial charge on any atom is 0.248 e. The number of nitrogens with two attached hydrogens (primary N) is 1. The Hall–Kier alpha value is -3.75. The summed E-state index contributed by atoms with van der Waals surface area (Å²) in [6.45, 7) is 15.9. The number of aliphatic hydroxyl groups excluding tert-OH is 1. The zero-order valence-corrected chi connectivity index (χ0v) is 30.8. The van der Waals surface area contributed by atoms with Crippen LogP contribution in [0.15, 0.2) is 0 Å². The Morgan fingerprint density at radius 1 is 0.837 bits per heavy atom. The Labute approximate surface area is 291 Å². The molecule has 1 fully saturated rings. The van der Waals surface area contributed by atoms with E-state index in [0.717, 1.165) is 0 Å². The first-order valence-corrected chi connectivity index (χ1v) is 17.5. The van der Waals surface area contributed by atoms with Crippen molar-refractivity contribution in [1.82, 2.24) is 31.5 Å². The largest absolute Gasteiger partial charge is 0.394 e. The number of carbonyl (C=O) groups is 7. The number of rotatable bonds is 20. The highest BCUT2D eigenvalue weighted by Gasteiger charge is 2.42. The van der Waals surface area contributed by atoms with E-state index in [4.69, 9.17) is 5.73 Å². The third-order valence-electron chi connectivity index (χ3n) is 8.35. The third-order valence-corrected chi connectivity index (χ3v) is 8.35. The van der Waals surface area contributed by atoms with Crippen LogP contribution in [0.5, 0.6) is 0 Å². The second kappa shape index (κ2) is 20.1. The number of primary amides is 1. The first-order chi connectivity index (χ1) is 22.7. The van der Waals surface area contributed by atoms with Crippen LogP contribution in [0.4, 0.5) is 0 Å². The van der Waals surface area contributed by atoms with Crippen LogP contribution in [0, 0.1) is 17.8 Å². The van der Waals surface area contributed by atoms with Crippen molar-refractivity contribution in [3.63, 3.8) is 0 Å². The topological polar surface area (TPSA) is 229 Å². The molecule has 1 rings (SSSR count). The lowest BCUT2D eigenvalue weighted by Gasteiger charge is -2.34. The minimum Gasteiger partial charge on any atom is -0.394 e. The van der Waals surface area contributed by atoms with Crippen LogP contribution in [-0.2, 0) is 33.6 Å². The maximum absolute atomic E-state index is 13.7. The molecule has 1 aliphatic heterocycles. The van der Waals surface area contributed by atoms with Crippen molar-refractivity contribution < 1.29 is 38.7 Å². The van der Waals surface area contributed by atoms with Crippen molar-refractivity contribution in [2.45, 2.75) is 143 Å². The fourth-order valence-electron chi connectivity index (χ4n) is 5.76. The third kappa shape index (κ3) is 14.3. The molecule has 0 radical (unpaired) electrons. The highest BCUT2D eigenvalue weighted by Crippen LogP contribution is 2.22. The zero-order chi connectivity index (χ0) is 37.6. The number of nitrogens with one attached hydrogen (secondary N) is 5. The molecule has 1 aliphatic rings. The van der Waals surface area contributed by atoms with E-state index in [-0.39, 0.29) is 50.0 Å². The molecule has 15 heteroatoms. The van der Waals surface area contributed by atoms with Gasteiger partial charge in [0.15, 0.2) is 0 Å². The van der Waals surface area contributed by atoms with E-state index in [0.29, 0.717) is 25.8 Å². The van der Waals surface area contributed by atoms with Gasteiger partial charge in [-0.1, -0.05) is 48.5 Å². The summed E-state index contributed by atoms with van der Waals surface area (Å²) >= 11 is 0. The van der Waals surface area contributed by atoms with Crippen LogP contribution >= 0.6 is 0 Å². The SMILES string of the molecule is CCC(=O)NC(C)(C)C(=O)N1CCCC1C(=O)N[C@@H](CC(C)C)C(=O)N[C@H](C(=O)N[C@@H](CCC(N)=O)C(=O)N[C@H](CO)CC(C)C)C(C)C. The summed E-state index contributed by atoms with van der Waals surface area (Å²) in [6.07, 6.45) is 1.61. The van der Waals surface area contributed by atoms with Crippen LogP contribution in [0.2, 0.25) is 0 Å². The molecule has 0 aromatic heterocycles. The van der Waals surface area contributed by atoms with Gasteiger partial charge in [-0.25, -0.2) is 0 Å². The summed E-state index contributed by atoms with van der Waals surface area (Å²) < 4.78 is 0. The molecule has 0 aromatic rings. The molecule has 1 unspecified atom stereocenters. The number of amides is 7. The summed E-state index contributed by atoms with van der Waals surface area (Å²) in [4.78, 5) is 92.4. The van der Waals surface area contributed by atoms with E-state index in [1.165, 1.54) is 4.90 Å². The van der Waals surface area contributed by atoms with Crippen molar-refractivity contribution in [3.8, 4) is 0 Å². The molecule has 5 atom stereocenters. The van der Waals surface area contributed by atoms with Gasteiger partial charge in [-0.05, 0) is 63.7 Å². The zero-order valence-electron chi connectivity index (χ0n) is 30.8. The first-order valence-electron chi connectivity index (χ1n) is 17.5. The summed E-state index contributed by atoms with van der Waals surface area (Å²) in [6, 6.07) is -4.72. The first kappa shape index (κ1) is 43.3. The lowest BCUT2D eigenvalue weighted by molar-refractivity contribution is -0.145. The maximum atomic E-state index is 13.7. The predicted molar refractivity (Wildman–Crippen MR) is 184 cm³/mol. The van der Waals surface area contributed by atoms with Gasteiger partial charge in [-0.3, -0.25) is 33.6 Å². The van der Waals surface area contributed by atoms with Crippen LogP contribution in [0.3, 0.4) is 0 Å². The monoisotopic (exact) mass is 695 g/mol. The van der Waals surface area contributed by atoms with Gasteiger partial charge in [-0.15, -0.1) is 0 Å². The molecule has 0 saturated carbocycles. The summed E-state index contributed by atoms with van der Waals surface area (Å²) in [5, 5.41) is 23.3. The summed E-state index contributed by atoms with van der Waals surface area (Å²) in [7, 11) is 0. The van der Waals surface area contributed by atoms with Gasteiger partial charge < -0.3 is 42.3 Å². The molecule has 280 valence electrons. The van der Waals surface area contributed by atoms with Crippen LogP contribution in [0.1, 0.15) is 107 Å². The van der Waals surface area contributed by atoms with E-state index in [2.05, 4.69) is 26.6 Å². The van der Waals surface area contributed by atoms with E-state index < -0.39 is 77.1 Å². The van der Waals surface area contributed by atoms with Crippen molar-refractivity contribution in [2.24, 2.45) is 23.5 Å². The van der Waals surface area contributed by atoms with Crippen LogP contribution in [-0.4, -0.2) is 100 Å². The number of nitrogens with zero attached hydrogens (tertiary/aromatic N) is 1. The van der Waals surface area contributed by atoms with E-state index in [9.17, 15) is 38.7 Å². The van der Waals surface area contributed by atoms with E-state index in [1.807, 2.05) is 27.7 Å². The fourth-order valence-corrected chi connectivity index (χ4v) is 5.76. The minimum atomic E-state index is -1.23. The molecule has 0 bridgehead atoms. The van der Waals surface area contributed by atoms with Crippen LogP contribution in [0.25, 0.3) is 0 Å². The van der Waals surface area contributed by atoms with E-state index >= 15 is 0 Å². The second-order valence-electron chi connectivity index (χ2n) is 14.7. The van der Waals surface area contributed by atoms with Gasteiger partial charge in [-0.2, -0.15) is 0 Å². The summed E-state index contributed by atoms with van der Waals surface area (Å²) in [5.41, 5.74) is 4.08. The lowest BCUT2D eigenvalue weighted by atomic mass is 9.98. The Kier molecular flexibility index (Phi) is 17.7. The number of hydrogen-bond acceptors (Lipinski definition) is 8. The highest BCUT2D eigenvalue weighted by atomic mass is 16.3. The van der Waals surface area contributed by atoms with Crippen molar-refractivity contribution in [2.75, 3.05) is 13.2 Å². The Morgan fingerprint density at radius 3 is 1.94 bits per heavy atom. The molecule has 1 heterocycles. The number of carbonyl (C=O) groups excluding carboxylic acids is 7. The molecule has 0 spiro atoms. The minimum absolute atomic E-state index is 0.0286. The lowest BCUT2D eigenvalue weighted by Crippen LogP contribution is -2.61. The fraction of sp³-hybridized carbons (Fsp3) is 0.794. The Balaban J connectivity index is 3.16. The molecule has 15 nitrogen and oxygen atoms in total. The molecule has 7 amide bonds. The van der Waals surface area contributed by atoms with Crippen molar-refractivity contribution in [3.05, 3.63) is 0 Å². The van der Waals surface area contributed by atoms with Gasteiger partial charge in [0.1, 0.15) is 29.7 Å². The van der Waals surface area contributed by atoms with Crippen molar-refractivity contribution in [1.29, 1.82) is 0 Å². The van der Waals surface area contributed by atoms with Crippen LogP contribution < -0.4 is 32.3 Å². The molecule has 0 aromatic carbocycles. The van der Waals surface area contributed by atoms with Gasteiger partial charge in [0.05, 0.1) is 12.6 Å². The van der Waals surface area contributed by atoms with E-state index in [1.54, 1.807) is 34.6 Å². The van der Waals surface area contributed by atoms with Gasteiger partial charge in [0.25, 0.3) is 0 Å². The summed E-state index contributed by atoms with van der Waals surface area (Å²) in [5.74, 6) is -4.05. The molecule has 1 saturated heterocycles. The molecule has 49 heavy (non-hydrogen) atoms. The number of hydrogen-bond donors (Lipinski definition) is 7. The highest BCUT2D eigenvalue weighted by molar-refractivity contribution is 5.97. The Bertz CT molecular complexity index is 1170. The predicted octanol–water partition coefficient (Wildman–Crippen LogP) is 0.227. The Morgan fingerprint density at radius 2 is 1.43 bits per heavy atom. The number of aliphatic hydroxyl groups is 1. The second-order valence-corrected chi connectivity index (χ2v) is 14.7. The average Bonchev–Trinajstić information content (AvgIpc) is 3.49. The normalized spacial score (nSPS) is 17.2. The smallest absolute Gasteiger partial charge is 0.248 e. The van der Waals surface area contributed by atoms with Gasteiger partial charge in [0.2, 0.25) is 41.4 Å². The van der Waals surface area contributed by atoms with Gasteiger partial charge in [0, 0.05) is 19.4 Å². The molecule has 0 aliphatic carbocycles. The molecular weight excluding hydrogens is 634 g/mol. The average molecular weight is 696 g/mol. The quantitative estimate of drug-likeness (QED) is 0.0930. The van der Waals surface area contributed by atoms with Gasteiger partial charge >= 0.3 is 0 Å². The molecule has 8 N–H and O–H groups in total.